The molecule has 0 saturated carbocycles. The summed E-state index contributed by atoms with van der Waals surface area (Å²) in [6.07, 6.45) is 3.20. The molecule has 1 unspecified atom stereocenters. The molecule has 2 aliphatic heterocycles. The van der Waals surface area contributed by atoms with E-state index in [0.29, 0.717) is 24.5 Å². The highest BCUT2D eigenvalue weighted by atomic mass is 19.1. The number of benzene rings is 2. The van der Waals surface area contributed by atoms with Crippen molar-refractivity contribution >= 4 is 29.2 Å². The van der Waals surface area contributed by atoms with Crippen LogP contribution >= 0.6 is 0 Å². The van der Waals surface area contributed by atoms with Crippen LogP contribution < -0.4 is 21.3 Å². The number of urea groups is 1. The second-order valence-electron chi connectivity index (χ2n) is 10.4. The number of piperidine rings is 1. The van der Waals surface area contributed by atoms with Crippen LogP contribution in [0.25, 0.3) is 0 Å². The minimum absolute atomic E-state index is 0.139. The van der Waals surface area contributed by atoms with Gasteiger partial charge in [0.2, 0.25) is 11.8 Å². The zero-order chi connectivity index (χ0) is 27.9. The number of nitrogens with zero attached hydrogens (tertiary/aromatic N) is 2. The predicted octanol–water partition coefficient (Wildman–Crippen LogP) is 3.89. The summed E-state index contributed by atoms with van der Waals surface area (Å²) in [7, 11) is 1.65. The number of fused-ring (bicyclic) bond motifs is 1. The summed E-state index contributed by atoms with van der Waals surface area (Å²) in [5.41, 5.74) is 1.91. The standard InChI is InChI=1S/C29H39FN6O3/c1-4-21-13-8-9-16-36(21)25(37)17-24(33-29(39)35(3)18-20-11-6-5-7-12-20)28(38)31-19(2)27-32-23-15-10-14-22(30)26(23)34-27/h5-7,10-12,14-15,19,21,24,27,32,34H,4,8-9,13,16-18H2,1-3H3,(H,31,38)(H,33,39)/t19-,21-,24-,27?/m0/s1. The maximum atomic E-state index is 14.2. The van der Waals surface area contributed by atoms with E-state index in [2.05, 4.69) is 28.2 Å². The number of para-hydroxylation sites is 1. The fourth-order valence-corrected chi connectivity index (χ4v) is 5.25. The first-order valence-corrected chi connectivity index (χ1v) is 13.7. The van der Waals surface area contributed by atoms with Gasteiger partial charge in [-0.05, 0) is 50.3 Å². The van der Waals surface area contributed by atoms with Crippen molar-refractivity contribution in [3.05, 3.63) is 59.9 Å². The Hall–Kier alpha value is -3.82. The molecule has 10 heteroatoms. The lowest BCUT2D eigenvalue weighted by Gasteiger charge is -2.36. The van der Waals surface area contributed by atoms with Gasteiger partial charge >= 0.3 is 6.03 Å². The average molecular weight is 539 g/mol. The van der Waals surface area contributed by atoms with Crippen molar-refractivity contribution in [3.8, 4) is 0 Å². The van der Waals surface area contributed by atoms with Crippen molar-refractivity contribution in [2.75, 3.05) is 24.2 Å². The van der Waals surface area contributed by atoms with Crippen LogP contribution in [0.5, 0.6) is 0 Å². The van der Waals surface area contributed by atoms with Gasteiger partial charge in [-0.1, -0.05) is 43.3 Å². The summed E-state index contributed by atoms with van der Waals surface area (Å²) in [5, 5.41) is 11.9. The summed E-state index contributed by atoms with van der Waals surface area (Å²) in [5.74, 6) is -1.00. The normalized spacial score (nSPS) is 19.6. The van der Waals surface area contributed by atoms with Crippen LogP contribution in [0.15, 0.2) is 48.5 Å². The maximum Gasteiger partial charge on any atom is 0.318 e. The van der Waals surface area contributed by atoms with Gasteiger partial charge < -0.3 is 31.1 Å². The second-order valence-corrected chi connectivity index (χ2v) is 10.4. The first-order chi connectivity index (χ1) is 18.8. The number of carbonyl (C=O) groups is 3. The van der Waals surface area contributed by atoms with E-state index in [9.17, 15) is 18.8 Å². The molecule has 39 heavy (non-hydrogen) atoms. The molecule has 2 heterocycles. The molecule has 4 N–H and O–H groups in total. The predicted molar refractivity (Wildman–Crippen MR) is 150 cm³/mol. The van der Waals surface area contributed by atoms with E-state index in [1.807, 2.05) is 35.2 Å². The van der Waals surface area contributed by atoms with Crippen LogP contribution in [0.4, 0.5) is 20.6 Å². The highest BCUT2D eigenvalue weighted by molar-refractivity contribution is 5.92. The topological polar surface area (TPSA) is 106 Å². The van der Waals surface area contributed by atoms with Crippen LogP contribution in [0, 0.1) is 5.82 Å². The molecule has 0 aliphatic carbocycles. The summed E-state index contributed by atoms with van der Waals surface area (Å²) < 4.78 is 14.2. The Kier molecular flexibility index (Phi) is 9.27. The lowest BCUT2D eigenvalue weighted by Crippen LogP contribution is -2.57. The Bertz CT molecular complexity index is 1160. The molecule has 4 atom stereocenters. The lowest BCUT2D eigenvalue weighted by atomic mass is 9.99. The number of hydrogen-bond acceptors (Lipinski definition) is 5. The van der Waals surface area contributed by atoms with Gasteiger partial charge in [0, 0.05) is 26.2 Å². The number of rotatable bonds is 9. The third-order valence-corrected chi connectivity index (χ3v) is 7.52. The van der Waals surface area contributed by atoms with E-state index < -0.39 is 30.2 Å². The van der Waals surface area contributed by atoms with Crippen molar-refractivity contribution in [2.24, 2.45) is 0 Å². The number of hydrogen-bond donors (Lipinski definition) is 4. The highest BCUT2D eigenvalue weighted by Crippen LogP contribution is 2.32. The van der Waals surface area contributed by atoms with Crippen molar-refractivity contribution < 1.29 is 18.8 Å². The third-order valence-electron chi connectivity index (χ3n) is 7.52. The Labute approximate surface area is 229 Å². The monoisotopic (exact) mass is 538 g/mol. The van der Waals surface area contributed by atoms with Crippen molar-refractivity contribution in [2.45, 2.75) is 76.8 Å². The van der Waals surface area contributed by atoms with Crippen LogP contribution in [0.1, 0.15) is 51.5 Å². The molecule has 0 spiro atoms. The minimum Gasteiger partial charge on any atom is -0.362 e. The molecule has 2 aliphatic rings. The molecule has 1 saturated heterocycles. The number of likely N-dealkylation sites (tertiary alicyclic amines) is 1. The molecule has 2 aromatic carbocycles. The maximum absolute atomic E-state index is 14.2. The van der Waals surface area contributed by atoms with E-state index >= 15 is 0 Å². The number of carbonyl (C=O) groups excluding carboxylic acids is 3. The Morgan fingerprint density at radius 1 is 1.08 bits per heavy atom. The number of halogens is 1. The Balaban J connectivity index is 1.44. The molecule has 4 amide bonds. The molecule has 1 fully saturated rings. The fraction of sp³-hybridized carbons (Fsp3) is 0.483. The number of nitrogens with one attached hydrogen (secondary N) is 4. The summed E-state index contributed by atoms with van der Waals surface area (Å²) >= 11 is 0. The lowest BCUT2D eigenvalue weighted by molar-refractivity contribution is -0.138. The first kappa shape index (κ1) is 28.2. The molecule has 0 bridgehead atoms. The Morgan fingerprint density at radius 2 is 1.85 bits per heavy atom. The third kappa shape index (κ3) is 6.99. The largest absolute Gasteiger partial charge is 0.362 e. The highest BCUT2D eigenvalue weighted by Gasteiger charge is 2.34. The minimum atomic E-state index is -1.06. The smallest absolute Gasteiger partial charge is 0.318 e. The SMILES string of the molecule is CC[C@H]1CCCCN1C(=O)C[C@H](NC(=O)N(C)Cc1ccccc1)C(=O)N[C@@H](C)C1Nc2cccc(F)c2N1. The van der Waals surface area contributed by atoms with Crippen LogP contribution in [-0.2, 0) is 16.1 Å². The van der Waals surface area contributed by atoms with E-state index in [4.69, 9.17) is 0 Å². The molecule has 4 rings (SSSR count). The molecule has 9 nitrogen and oxygen atoms in total. The Morgan fingerprint density at radius 3 is 2.56 bits per heavy atom. The zero-order valence-electron chi connectivity index (χ0n) is 22.9. The summed E-state index contributed by atoms with van der Waals surface area (Å²) in [6, 6.07) is 12.4. The van der Waals surface area contributed by atoms with E-state index in [1.165, 1.54) is 11.0 Å². The van der Waals surface area contributed by atoms with Gasteiger partial charge in [-0.3, -0.25) is 9.59 Å². The van der Waals surface area contributed by atoms with E-state index in [0.717, 1.165) is 31.2 Å². The van der Waals surface area contributed by atoms with Gasteiger partial charge in [0.1, 0.15) is 18.0 Å². The molecule has 2 aromatic rings. The number of amides is 4. The van der Waals surface area contributed by atoms with Crippen LogP contribution in [0.3, 0.4) is 0 Å². The first-order valence-electron chi connectivity index (χ1n) is 13.7. The van der Waals surface area contributed by atoms with Crippen molar-refractivity contribution in [1.82, 2.24) is 20.4 Å². The molecule has 0 radical (unpaired) electrons. The molecule has 0 aromatic heterocycles. The van der Waals surface area contributed by atoms with Gasteiger partial charge in [-0.15, -0.1) is 0 Å². The second kappa shape index (κ2) is 12.8. The van der Waals surface area contributed by atoms with Gasteiger partial charge in [0.15, 0.2) is 0 Å². The van der Waals surface area contributed by atoms with E-state index in [1.54, 1.807) is 26.1 Å². The van der Waals surface area contributed by atoms with Crippen molar-refractivity contribution in [1.29, 1.82) is 0 Å². The zero-order valence-corrected chi connectivity index (χ0v) is 22.9. The van der Waals surface area contributed by atoms with Crippen LogP contribution in [0.2, 0.25) is 0 Å². The van der Waals surface area contributed by atoms with Crippen molar-refractivity contribution in [3.63, 3.8) is 0 Å². The quantitative estimate of drug-likeness (QED) is 0.388. The van der Waals surface area contributed by atoms with E-state index in [-0.39, 0.29) is 24.2 Å². The molecular formula is C29H39FN6O3. The number of anilines is 2. The fourth-order valence-electron chi connectivity index (χ4n) is 5.25. The molecule has 210 valence electrons. The summed E-state index contributed by atoms with van der Waals surface area (Å²) in [4.78, 5) is 43.3. The summed E-state index contributed by atoms with van der Waals surface area (Å²) in [6.45, 7) is 4.86. The van der Waals surface area contributed by atoms with Gasteiger partial charge in [-0.2, -0.15) is 0 Å². The average Bonchev–Trinajstić information content (AvgIpc) is 3.39. The van der Waals surface area contributed by atoms with Crippen LogP contribution in [-0.4, -0.2) is 65.5 Å². The van der Waals surface area contributed by atoms with Gasteiger partial charge in [0.25, 0.3) is 0 Å². The molecular weight excluding hydrogens is 499 g/mol. The van der Waals surface area contributed by atoms with Gasteiger partial charge in [0.05, 0.1) is 23.8 Å². The van der Waals surface area contributed by atoms with Gasteiger partial charge in [-0.25, -0.2) is 9.18 Å².